The number of benzene rings is 1. The standard InChI is InChI=1S/C12H15ClN2O2/c1-14(8-9-2-3-9)11-5-4-10(7-13)6-12(11)15(16)17/h4-6,9H,2-3,7-8H2,1H3. The highest BCUT2D eigenvalue weighted by molar-refractivity contribution is 6.17. The minimum atomic E-state index is -0.339. The lowest BCUT2D eigenvalue weighted by atomic mass is 10.1. The maximum Gasteiger partial charge on any atom is 0.292 e. The zero-order chi connectivity index (χ0) is 12.4. The normalized spacial score (nSPS) is 14.7. The van der Waals surface area contributed by atoms with E-state index in [1.54, 1.807) is 12.1 Å². The third-order valence-electron chi connectivity index (χ3n) is 3.03. The van der Waals surface area contributed by atoms with Crippen LogP contribution in [-0.4, -0.2) is 18.5 Å². The predicted molar refractivity (Wildman–Crippen MR) is 68.6 cm³/mol. The van der Waals surface area contributed by atoms with Gasteiger partial charge in [0.05, 0.1) is 4.92 Å². The summed E-state index contributed by atoms with van der Waals surface area (Å²) < 4.78 is 0. The van der Waals surface area contributed by atoms with Crippen LogP contribution in [0.3, 0.4) is 0 Å². The summed E-state index contributed by atoms with van der Waals surface area (Å²) in [5.74, 6) is 1.00. The van der Waals surface area contributed by atoms with Gasteiger partial charge in [-0.15, -0.1) is 11.6 Å². The van der Waals surface area contributed by atoms with Crippen molar-refractivity contribution in [1.82, 2.24) is 0 Å². The minimum Gasteiger partial charge on any atom is -0.369 e. The van der Waals surface area contributed by atoms with Gasteiger partial charge in [0.2, 0.25) is 0 Å². The highest BCUT2D eigenvalue weighted by atomic mass is 35.5. The molecule has 5 heteroatoms. The number of nitro groups is 1. The number of halogens is 1. The maximum absolute atomic E-state index is 11.0. The van der Waals surface area contributed by atoms with Crippen LogP contribution in [0.25, 0.3) is 0 Å². The van der Waals surface area contributed by atoms with Gasteiger partial charge >= 0.3 is 0 Å². The van der Waals surface area contributed by atoms with E-state index in [-0.39, 0.29) is 10.6 Å². The van der Waals surface area contributed by atoms with Crippen molar-refractivity contribution in [3.8, 4) is 0 Å². The van der Waals surface area contributed by atoms with E-state index in [0.717, 1.165) is 12.1 Å². The van der Waals surface area contributed by atoms with E-state index >= 15 is 0 Å². The third-order valence-corrected chi connectivity index (χ3v) is 3.34. The topological polar surface area (TPSA) is 46.4 Å². The first kappa shape index (κ1) is 12.2. The van der Waals surface area contributed by atoms with Crippen LogP contribution in [0.1, 0.15) is 18.4 Å². The molecule has 1 saturated carbocycles. The molecule has 1 aliphatic carbocycles. The Morgan fingerprint density at radius 3 is 2.76 bits per heavy atom. The molecule has 0 aliphatic heterocycles. The summed E-state index contributed by atoms with van der Waals surface area (Å²) in [5, 5.41) is 11.0. The molecule has 1 aliphatic rings. The predicted octanol–water partition coefficient (Wildman–Crippen LogP) is 3.18. The quantitative estimate of drug-likeness (QED) is 0.461. The summed E-state index contributed by atoms with van der Waals surface area (Å²) in [6.07, 6.45) is 2.47. The zero-order valence-corrected chi connectivity index (χ0v) is 10.5. The first-order chi connectivity index (χ1) is 8.11. The van der Waals surface area contributed by atoms with Crippen molar-refractivity contribution in [2.45, 2.75) is 18.7 Å². The van der Waals surface area contributed by atoms with E-state index in [1.165, 1.54) is 12.8 Å². The van der Waals surface area contributed by atoms with Gasteiger partial charge in [0.25, 0.3) is 5.69 Å². The van der Waals surface area contributed by atoms with Crippen molar-refractivity contribution in [1.29, 1.82) is 0 Å². The van der Waals surface area contributed by atoms with Gasteiger partial charge in [-0.05, 0) is 30.4 Å². The van der Waals surface area contributed by atoms with E-state index in [9.17, 15) is 10.1 Å². The average Bonchev–Trinajstić information content (AvgIpc) is 3.12. The van der Waals surface area contributed by atoms with Crippen LogP contribution in [0.15, 0.2) is 18.2 Å². The molecule has 1 fully saturated rings. The Balaban J connectivity index is 2.27. The van der Waals surface area contributed by atoms with Crippen molar-refractivity contribution in [2.75, 3.05) is 18.5 Å². The molecule has 0 N–H and O–H groups in total. The first-order valence-corrected chi connectivity index (χ1v) is 6.19. The molecule has 17 heavy (non-hydrogen) atoms. The molecule has 0 saturated heterocycles. The van der Waals surface area contributed by atoms with Crippen molar-refractivity contribution in [3.05, 3.63) is 33.9 Å². The molecular formula is C12H15ClN2O2. The fraction of sp³-hybridized carbons (Fsp3) is 0.500. The Labute approximate surface area is 105 Å². The summed E-state index contributed by atoms with van der Waals surface area (Å²) in [7, 11) is 1.90. The van der Waals surface area contributed by atoms with Crippen LogP contribution in [0, 0.1) is 16.0 Å². The summed E-state index contributed by atoms with van der Waals surface area (Å²) in [6, 6.07) is 5.20. The summed E-state index contributed by atoms with van der Waals surface area (Å²) in [6.45, 7) is 0.890. The molecule has 0 unspecified atom stereocenters. The Bertz CT molecular complexity index is 433. The van der Waals surface area contributed by atoms with E-state index in [2.05, 4.69) is 0 Å². The molecule has 1 aromatic rings. The smallest absolute Gasteiger partial charge is 0.292 e. The zero-order valence-electron chi connectivity index (χ0n) is 9.73. The monoisotopic (exact) mass is 254 g/mol. The van der Waals surface area contributed by atoms with Gasteiger partial charge in [-0.1, -0.05) is 6.07 Å². The Morgan fingerprint density at radius 2 is 2.24 bits per heavy atom. The number of rotatable bonds is 5. The Kier molecular flexibility index (Phi) is 3.52. The van der Waals surface area contributed by atoms with E-state index in [4.69, 9.17) is 11.6 Å². The van der Waals surface area contributed by atoms with Crippen LogP contribution in [0.5, 0.6) is 0 Å². The maximum atomic E-state index is 11.0. The Morgan fingerprint density at radius 1 is 1.53 bits per heavy atom. The first-order valence-electron chi connectivity index (χ1n) is 5.66. The second kappa shape index (κ2) is 4.92. The number of alkyl halides is 1. The molecule has 0 atom stereocenters. The number of hydrogen-bond donors (Lipinski definition) is 0. The molecule has 0 aromatic heterocycles. The molecule has 4 nitrogen and oxygen atoms in total. The molecule has 0 amide bonds. The summed E-state index contributed by atoms with van der Waals surface area (Å²) in [4.78, 5) is 12.7. The van der Waals surface area contributed by atoms with Gasteiger partial charge in [0.1, 0.15) is 5.69 Å². The molecular weight excluding hydrogens is 240 g/mol. The van der Waals surface area contributed by atoms with Gasteiger partial charge in [0.15, 0.2) is 0 Å². The number of hydrogen-bond acceptors (Lipinski definition) is 3. The van der Waals surface area contributed by atoms with Gasteiger partial charge in [-0.2, -0.15) is 0 Å². The average molecular weight is 255 g/mol. The second-order valence-electron chi connectivity index (χ2n) is 4.54. The van der Waals surface area contributed by atoms with Crippen LogP contribution < -0.4 is 4.90 Å². The third kappa shape index (κ3) is 2.88. The molecule has 2 rings (SSSR count). The van der Waals surface area contributed by atoms with Crippen LogP contribution in [0.2, 0.25) is 0 Å². The molecule has 0 heterocycles. The largest absolute Gasteiger partial charge is 0.369 e. The van der Waals surface area contributed by atoms with E-state index in [1.807, 2.05) is 18.0 Å². The van der Waals surface area contributed by atoms with E-state index in [0.29, 0.717) is 17.5 Å². The van der Waals surface area contributed by atoms with Gasteiger partial charge in [0, 0.05) is 25.5 Å². The molecule has 1 aromatic carbocycles. The lowest BCUT2D eigenvalue weighted by Gasteiger charge is -2.19. The highest BCUT2D eigenvalue weighted by Crippen LogP contribution is 2.34. The number of nitrogens with zero attached hydrogens (tertiary/aromatic N) is 2. The molecule has 92 valence electrons. The van der Waals surface area contributed by atoms with Gasteiger partial charge in [-0.25, -0.2) is 0 Å². The van der Waals surface area contributed by atoms with Gasteiger partial charge < -0.3 is 4.90 Å². The van der Waals surface area contributed by atoms with Crippen LogP contribution in [0.4, 0.5) is 11.4 Å². The lowest BCUT2D eigenvalue weighted by Crippen LogP contribution is -2.21. The van der Waals surface area contributed by atoms with Crippen molar-refractivity contribution in [2.24, 2.45) is 5.92 Å². The fourth-order valence-electron chi connectivity index (χ4n) is 1.91. The Hall–Kier alpha value is -1.29. The SMILES string of the molecule is CN(CC1CC1)c1ccc(CCl)cc1[N+](=O)[O-]. The minimum absolute atomic E-state index is 0.145. The summed E-state index contributed by atoms with van der Waals surface area (Å²) >= 11 is 5.69. The van der Waals surface area contributed by atoms with Crippen LogP contribution in [-0.2, 0) is 5.88 Å². The molecule has 0 spiro atoms. The lowest BCUT2D eigenvalue weighted by molar-refractivity contribution is -0.384. The second-order valence-corrected chi connectivity index (χ2v) is 4.80. The number of anilines is 1. The van der Waals surface area contributed by atoms with Crippen LogP contribution >= 0.6 is 11.6 Å². The van der Waals surface area contributed by atoms with Crippen molar-refractivity contribution in [3.63, 3.8) is 0 Å². The summed E-state index contributed by atoms with van der Waals surface area (Å²) in [5.41, 5.74) is 1.60. The number of nitro benzene ring substituents is 1. The fourth-order valence-corrected chi connectivity index (χ4v) is 2.07. The van der Waals surface area contributed by atoms with Crippen molar-refractivity contribution < 1.29 is 4.92 Å². The van der Waals surface area contributed by atoms with Crippen molar-refractivity contribution >= 4 is 23.0 Å². The highest BCUT2D eigenvalue weighted by Gasteiger charge is 2.25. The van der Waals surface area contributed by atoms with Gasteiger partial charge in [-0.3, -0.25) is 10.1 Å². The molecule has 0 bridgehead atoms. The van der Waals surface area contributed by atoms with E-state index < -0.39 is 0 Å². The molecule has 0 radical (unpaired) electrons.